The number of alkyl halides is 3. The fourth-order valence-electron chi connectivity index (χ4n) is 1.09. The number of benzene rings is 1. The second-order valence-corrected chi connectivity index (χ2v) is 4.35. The Labute approximate surface area is 115 Å². The van der Waals surface area contributed by atoms with Crippen LogP contribution in [0.5, 0.6) is 0 Å². The highest BCUT2D eigenvalue weighted by atomic mass is 35.5. The number of anilines is 1. The van der Waals surface area contributed by atoms with Gasteiger partial charge in [0, 0.05) is 12.1 Å². The molecular weight excluding hydrogens is 305 g/mol. The third kappa shape index (κ3) is 3.17. The largest absolute Gasteiger partial charge is 0.426 e. The number of aliphatic hydroxyl groups is 1. The first-order chi connectivity index (χ1) is 8.96. The van der Waals surface area contributed by atoms with Gasteiger partial charge in [-0.1, -0.05) is 11.6 Å². The first kappa shape index (κ1) is 16.2. The lowest BCUT2D eigenvalue weighted by Crippen LogP contribution is -2.52. The van der Waals surface area contributed by atoms with Crippen LogP contribution in [0.15, 0.2) is 18.2 Å². The van der Waals surface area contributed by atoms with Crippen molar-refractivity contribution in [1.29, 1.82) is 0 Å². The summed E-state index contributed by atoms with van der Waals surface area (Å²) in [6.07, 6.45) is -5.18. The normalized spacial score (nSPS) is 14.5. The summed E-state index contributed by atoms with van der Waals surface area (Å²) in [5, 5.41) is 21.0. The van der Waals surface area contributed by atoms with E-state index in [2.05, 4.69) is 0 Å². The Morgan fingerprint density at radius 1 is 1.45 bits per heavy atom. The van der Waals surface area contributed by atoms with E-state index >= 15 is 0 Å². The Kier molecular flexibility index (Phi) is 4.25. The van der Waals surface area contributed by atoms with Gasteiger partial charge in [0.25, 0.3) is 11.6 Å². The third-order valence-electron chi connectivity index (χ3n) is 2.41. The van der Waals surface area contributed by atoms with Crippen LogP contribution in [0.2, 0.25) is 5.02 Å². The monoisotopic (exact) mass is 312 g/mol. The molecule has 1 aromatic carbocycles. The molecule has 20 heavy (non-hydrogen) atoms. The van der Waals surface area contributed by atoms with E-state index in [1.165, 1.54) is 0 Å². The van der Waals surface area contributed by atoms with Crippen molar-refractivity contribution in [2.24, 2.45) is 0 Å². The molecule has 0 spiro atoms. The average Bonchev–Trinajstić information content (AvgIpc) is 2.29. The molecule has 110 valence electrons. The molecule has 0 saturated heterocycles. The fourth-order valence-corrected chi connectivity index (χ4v) is 1.31. The number of non-ortho nitro benzene ring substituents is 1. The van der Waals surface area contributed by atoms with Crippen LogP contribution >= 0.6 is 11.6 Å². The molecule has 1 aromatic rings. The number of nitro benzene ring substituents is 1. The highest BCUT2D eigenvalue weighted by Gasteiger charge is 2.55. The number of hydrogen-bond acceptors (Lipinski definition) is 4. The molecule has 0 aromatic heterocycles. The summed E-state index contributed by atoms with van der Waals surface area (Å²) in [6.45, 7) is 0.279. The lowest BCUT2D eigenvalue weighted by Gasteiger charge is -2.25. The second kappa shape index (κ2) is 5.25. The predicted molar refractivity (Wildman–Crippen MR) is 63.4 cm³/mol. The zero-order valence-electron chi connectivity index (χ0n) is 9.86. The van der Waals surface area contributed by atoms with Gasteiger partial charge < -0.3 is 10.4 Å². The maximum absolute atomic E-state index is 12.4. The number of rotatable bonds is 3. The van der Waals surface area contributed by atoms with Gasteiger partial charge in [-0.2, -0.15) is 13.2 Å². The predicted octanol–water partition coefficient (Wildman–Crippen LogP) is 2.50. The quantitative estimate of drug-likeness (QED) is 0.662. The van der Waals surface area contributed by atoms with Crippen LogP contribution in [0, 0.1) is 10.1 Å². The lowest BCUT2D eigenvalue weighted by molar-refractivity contribution is -0.384. The van der Waals surface area contributed by atoms with Crippen molar-refractivity contribution in [1.82, 2.24) is 0 Å². The number of nitro groups is 1. The van der Waals surface area contributed by atoms with Crippen molar-refractivity contribution in [3.63, 3.8) is 0 Å². The van der Waals surface area contributed by atoms with E-state index in [4.69, 9.17) is 16.7 Å². The summed E-state index contributed by atoms with van der Waals surface area (Å²) < 4.78 is 37.3. The number of amides is 1. The van der Waals surface area contributed by atoms with Gasteiger partial charge in [-0.15, -0.1) is 0 Å². The zero-order chi connectivity index (χ0) is 15.7. The molecule has 0 bridgehead atoms. The van der Waals surface area contributed by atoms with E-state index < -0.39 is 28.3 Å². The van der Waals surface area contributed by atoms with Crippen LogP contribution in [0.4, 0.5) is 24.5 Å². The molecule has 1 amide bonds. The Bertz CT molecular complexity index is 560. The van der Waals surface area contributed by atoms with Gasteiger partial charge in [-0.3, -0.25) is 14.9 Å². The highest BCUT2D eigenvalue weighted by Crippen LogP contribution is 2.32. The highest BCUT2D eigenvalue weighted by molar-refractivity contribution is 6.34. The molecule has 1 rings (SSSR count). The second-order valence-electron chi connectivity index (χ2n) is 3.95. The molecule has 0 fully saturated rings. The van der Waals surface area contributed by atoms with Crippen LogP contribution in [0.3, 0.4) is 0 Å². The Hall–Kier alpha value is -1.87. The summed E-state index contributed by atoms with van der Waals surface area (Å²) >= 11 is 5.60. The van der Waals surface area contributed by atoms with E-state index in [-0.39, 0.29) is 17.6 Å². The molecule has 6 nitrogen and oxygen atoms in total. The number of nitrogens with zero attached hydrogens (tertiary/aromatic N) is 1. The Morgan fingerprint density at radius 2 is 2.00 bits per heavy atom. The van der Waals surface area contributed by atoms with Crippen molar-refractivity contribution in [2.75, 3.05) is 5.32 Å². The molecule has 1 atom stereocenters. The van der Waals surface area contributed by atoms with Gasteiger partial charge >= 0.3 is 6.18 Å². The SMILES string of the molecule is C[C@@](O)(C(=O)Nc1ccc([N+](=O)[O-])cc1Cl)C(F)(F)F. The van der Waals surface area contributed by atoms with Crippen LogP contribution < -0.4 is 5.32 Å². The number of carbonyl (C=O) groups is 1. The van der Waals surface area contributed by atoms with Crippen LogP contribution in [-0.2, 0) is 4.79 Å². The fraction of sp³-hybridized carbons (Fsp3) is 0.300. The van der Waals surface area contributed by atoms with Crippen molar-refractivity contribution in [2.45, 2.75) is 18.7 Å². The summed E-state index contributed by atoms with van der Waals surface area (Å²) in [6, 6.07) is 2.77. The van der Waals surface area contributed by atoms with Gasteiger partial charge in [0.2, 0.25) is 5.60 Å². The smallest absolute Gasteiger partial charge is 0.373 e. The molecule has 0 aliphatic heterocycles. The minimum Gasteiger partial charge on any atom is -0.373 e. The van der Waals surface area contributed by atoms with Crippen LogP contribution in [-0.4, -0.2) is 27.7 Å². The number of nitrogens with one attached hydrogen (secondary N) is 1. The maximum atomic E-state index is 12.4. The molecule has 0 aliphatic rings. The summed E-state index contributed by atoms with van der Waals surface area (Å²) in [5.41, 5.74) is -4.29. The molecule has 0 aliphatic carbocycles. The molecule has 2 N–H and O–H groups in total. The first-order valence-electron chi connectivity index (χ1n) is 5.01. The van der Waals surface area contributed by atoms with Gasteiger partial charge in [-0.25, -0.2) is 0 Å². The molecule has 0 unspecified atom stereocenters. The van der Waals surface area contributed by atoms with Crippen molar-refractivity contribution >= 4 is 28.9 Å². The van der Waals surface area contributed by atoms with E-state index in [0.717, 1.165) is 18.2 Å². The summed E-state index contributed by atoms with van der Waals surface area (Å²) in [5.74, 6) is -1.75. The van der Waals surface area contributed by atoms with E-state index in [1.54, 1.807) is 5.32 Å². The third-order valence-corrected chi connectivity index (χ3v) is 2.72. The Balaban J connectivity index is 3.00. The minimum absolute atomic E-state index is 0.279. The van der Waals surface area contributed by atoms with E-state index in [9.17, 15) is 28.1 Å². The van der Waals surface area contributed by atoms with Gasteiger partial charge in [0.1, 0.15) is 0 Å². The lowest BCUT2D eigenvalue weighted by atomic mass is 10.1. The van der Waals surface area contributed by atoms with E-state index in [0.29, 0.717) is 0 Å². The topological polar surface area (TPSA) is 92.5 Å². The molecule has 0 radical (unpaired) electrons. The maximum Gasteiger partial charge on any atom is 0.426 e. The van der Waals surface area contributed by atoms with Crippen molar-refractivity contribution < 1.29 is 28.0 Å². The van der Waals surface area contributed by atoms with Crippen LogP contribution in [0.25, 0.3) is 0 Å². The summed E-state index contributed by atoms with van der Waals surface area (Å²) in [4.78, 5) is 21.1. The number of halogens is 4. The van der Waals surface area contributed by atoms with Gasteiger partial charge in [-0.05, 0) is 13.0 Å². The van der Waals surface area contributed by atoms with Gasteiger partial charge in [0.05, 0.1) is 15.6 Å². The van der Waals surface area contributed by atoms with Crippen molar-refractivity contribution in [3.05, 3.63) is 33.3 Å². The molecule has 10 heteroatoms. The number of carbonyl (C=O) groups excluding carboxylic acids is 1. The van der Waals surface area contributed by atoms with E-state index in [1.807, 2.05) is 0 Å². The molecule has 0 saturated carbocycles. The van der Waals surface area contributed by atoms with Crippen molar-refractivity contribution in [3.8, 4) is 0 Å². The standard InChI is InChI=1S/C10H8ClF3N2O4/c1-9(18,10(12,13)14)8(17)15-7-3-2-5(16(19)20)4-6(7)11/h2-4,18H,1H3,(H,15,17)/t9-/m1/s1. The van der Waals surface area contributed by atoms with Crippen LogP contribution in [0.1, 0.15) is 6.92 Å². The Morgan fingerprint density at radius 3 is 2.40 bits per heavy atom. The molecule has 0 heterocycles. The summed E-state index contributed by atoms with van der Waals surface area (Å²) in [7, 11) is 0. The molecular formula is C10H8ClF3N2O4. The minimum atomic E-state index is -5.18. The first-order valence-corrected chi connectivity index (χ1v) is 5.39. The zero-order valence-corrected chi connectivity index (χ0v) is 10.6. The average molecular weight is 313 g/mol. The number of hydrogen-bond donors (Lipinski definition) is 2. The van der Waals surface area contributed by atoms with Gasteiger partial charge in [0.15, 0.2) is 0 Å².